The minimum atomic E-state index is -4.32. The van der Waals surface area contributed by atoms with Gasteiger partial charge < -0.3 is 10.2 Å². The molecule has 0 aromatic heterocycles. The zero-order valence-corrected chi connectivity index (χ0v) is 27.9. The smallest absolute Gasteiger partial charge is 0.269 e. The fourth-order valence-corrected chi connectivity index (χ4v) is 6.70. The highest BCUT2D eigenvalue weighted by Crippen LogP contribution is 2.27. The fourth-order valence-electron chi connectivity index (χ4n) is 4.82. The number of anilines is 1. The molecular weight excluding hydrogens is 672 g/mol. The predicted octanol–water partition coefficient (Wildman–Crippen LogP) is 6.11. The number of rotatable bonds is 14. The molecule has 0 aliphatic carbocycles. The van der Waals surface area contributed by atoms with Crippen molar-refractivity contribution in [3.05, 3.63) is 135 Å². The number of amides is 2. The van der Waals surface area contributed by atoms with E-state index in [1.165, 1.54) is 41.3 Å². The van der Waals surface area contributed by atoms with Gasteiger partial charge in [0.25, 0.3) is 15.7 Å². The summed E-state index contributed by atoms with van der Waals surface area (Å²) < 4.78 is 29.8. The van der Waals surface area contributed by atoms with Gasteiger partial charge >= 0.3 is 0 Å². The summed E-state index contributed by atoms with van der Waals surface area (Å²) in [5.74, 6) is -0.993. The maximum atomic E-state index is 14.5. The molecule has 0 saturated heterocycles. The van der Waals surface area contributed by atoms with Crippen molar-refractivity contribution in [3.8, 4) is 0 Å². The van der Waals surface area contributed by atoms with Crippen LogP contribution in [-0.2, 0) is 32.6 Å². The van der Waals surface area contributed by atoms with Crippen molar-refractivity contribution in [2.24, 2.45) is 0 Å². The Balaban J connectivity index is 1.81. The molecule has 0 heterocycles. The van der Waals surface area contributed by atoms with Gasteiger partial charge in [0, 0.05) is 35.6 Å². The number of hydrogen-bond acceptors (Lipinski definition) is 6. The summed E-state index contributed by atoms with van der Waals surface area (Å²) in [5, 5.41) is 14.3. The Labute approximate surface area is 277 Å². The number of nitrogens with one attached hydrogen (secondary N) is 1. The standard InChI is InChI=1S/C34H35BrN4O6S/c1-3-25(2)36-34(41)32(22-26-11-6-4-7-12-26)37(23-27-13-10-14-28(35)21-27)33(40)24-38(29-17-19-30(20-18-29)39(42)43)46(44,45)31-15-8-5-9-16-31/h4-21,25,32H,3,22-24H2,1-2H3,(H,36,41). The van der Waals surface area contributed by atoms with E-state index in [0.29, 0.717) is 6.42 Å². The molecule has 0 spiro atoms. The average molecular weight is 708 g/mol. The SMILES string of the molecule is CCC(C)NC(=O)C(Cc1ccccc1)N(Cc1cccc(Br)c1)C(=O)CN(c1ccc([N+](=O)[O-])cc1)S(=O)(=O)c1ccccc1. The van der Waals surface area contributed by atoms with Gasteiger partial charge in [0.05, 0.1) is 15.5 Å². The van der Waals surface area contributed by atoms with E-state index in [1.54, 1.807) is 18.2 Å². The molecule has 0 aliphatic heterocycles. The van der Waals surface area contributed by atoms with Crippen molar-refractivity contribution in [1.29, 1.82) is 0 Å². The molecule has 4 rings (SSSR count). The van der Waals surface area contributed by atoms with Gasteiger partial charge in [0.15, 0.2) is 0 Å². The maximum Gasteiger partial charge on any atom is 0.269 e. The molecule has 12 heteroatoms. The molecule has 0 aliphatic rings. The van der Waals surface area contributed by atoms with Crippen LogP contribution in [0.15, 0.2) is 119 Å². The van der Waals surface area contributed by atoms with Crippen LogP contribution in [0.25, 0.3) is 0 Å². The molecule has 2 unspecified atom stereocenters. The second-order valence-corrected chi connectivity index (χ2v) is 13.6. The van der Waals surface area contributed by atoms with Crippen LogP contribution in [-0.4, -0.2) is 48.7 Å². The second-order valence-electron chi connectivity index (χ2n) is 10.8. The Morgan fingerprint density at radius 3 is 2.09 bits per heavy atom. The van der Waals surface area contributed by atoms with Gasteiger partial charge in [-0.25, -0.2) is 8.42 Å². The number of carbonyl (C=O) groups excluding carboxylic acids is 2. The van der Waals surface area contributed by atoms with Crippen LogP contribution in [0.1, 0.15) is 31.4 Å². The van der Waals surface area contributed by atoms with E-state index < -0.39 is 33.4 Å². The first-order chi connectivity index (χ1) is 22.0. The van der Waals surface area contributed by atoms with Crippen LogP contribution in [0.2, 0.25) is 0 Å². The second kappa shape index (κ2) is 15.6. The van der Waals surface area contributed by atoms with E-state index in [9.17, 15) is 28.1 Å². The average Bonchev–Trinajstić information content (AvgIpc) is 3.05. The molecule has 2 amide bonds. The minimum absolute atomic E-state index is 0.0170. The Kier molecular flexibility index (Phi) is 11.7. The third kappa shape index (κ3) is 8.79. The van der Waals surface area contributed by atoms with Crippen LogP contribution in [0.5, 0.6) is 0 Å². The zero-order chi connectivity index (χ0) is 33.3. The zero-order valence-electron chi connectivity index (χ0n) is 25.5. The highest BCUT2D eigenvalue weighted by atomic mass is 79.9. The van der Waals surface area contributed by atoms with Crippen molar-refractivity contribution in [1.82, 2.24) is 10.2 Å². The molecule has 0 saturated carbocycles. The number of non-ortho nitro benzene ring substituents is 1. The van der Waals surface area contributed by atoms with Crippen LogP contribution >= 0.6 is 15.9 Å². The number of benzene rings is 4. The lowest BCUT2D eigenvalue weighted by molar-refractivity contribution is -0.384. The molecule has 46 heavy (non-hydrogen) atoms. The summed E-state index contributed by atoms with van der Waals surface area (Å²) in [6.07, 6.45) is 0.860. The lowest BCUT2D eigenvalue weighted by atomic mass is 10.0. The molecule has 10 nitrogen and oxygen atoms in total. The quantitative estimate of drug-likeness (QED) is 0.124. The van der Waals surface area contributed by atoms with Gasteiger partial charge in [0.2, 0.25) is 11.8 Å². The van der Waals surface area contributed by atoms with Gasteiger partial charge in [-0.15, -0.1) is 0 Å². The van der Waals surface area contributed by atoms with Crippen molar-refractivity contribution >= 4 is 49.1 Å². The third-order valence-corrected chi connectivity index (χ3v) is 9.75. The largest absolute Gasteiger partial charge is 0.352 e. The Morgan fingerprint density at radius 1 is 0.891 bits per heavy atom. The van der Waals surface area contributed by atoms with Gasteiger partial charge in [-0.1, -0.05) is 83.5 Å². The monoisotopic (exact) mass is 706 g/mol. The van der Waals surface area contributed by atoms with E-state index in [4.69, 9.17) is 0 Å². The van der Waals surface area contributed by atoms with Gasteiger partial charge in [-0.05, 0) is 60.9 Å². The van der Waals surface area contributed by atoms with E-state index in [0.717, 1.165) is 19.9 Å². The maximum absolute atomic E-state index is 14.5. The van der Waals surface area contributed by atoms with E-state index in [1.807, 2.05) is 68.4 Å². The van der Waals surface area contributed by atoms with Crippen LogP contribution < -0.4 is 9.62 Å². The summed E-state index contributed by atoms with van der Waals surface area (Å²) >= 11 is 3.47. The van der Waals surface area contributed by atoms with E-state index >= 15 is 0 Å². The van der Waals surface area contributed by atoms with Crippen molar-refractivity contribution in [2.45, 2.75) is 50.2 Å². The minimum Gasteiger partial charge on any atom is -0.352 e. The molecule has 2 atom stereocenters. The van der Waals surface area contributed by atoms with Gasteiger partial charge in [-0.2, -0.15) is 0 Å². The number of nitrogens with zero attached hydrogens (tertiary/aromatic N) is 3. The summed E-state index contributed by atoms with van der Waals surface area (Å²) in [6, 6.07) is 28.1. The molecule has 0 radical (unpaired) electrons. The predicted molar refractivity (Wildman–Crippen MR) is 181 cm³/mol. The number of halogens is 1. The van der Waals surface area contributed by atoms with Crippen LogP contribution in [0, 0.1) is 10.1 Å². The molecule has 0 fully saturated rings. The number of nitro groups is 1. The number of nitro benzene ring substituents is 1. The number of carbonyl (C=O) groups is 2. The first kappa shape index (κ1) is 34.3. The van der Waals surface area contributed by atoms with Gasteiger partial charge in [0.1, 0.15) is 12.6 Å². The topological polar surface area (TPSA) is 130 Å². The lowest BCUT2D eigenvalue weighted by Crippen LogP contribution is -2.54. The van der Waals surface area contributed by atoms with Crippen molar-refractivity contribution in [2.75, 3.05) is 10.8 Å². The van der Waals surface area contributed by atoms with Crippen LogP contribution in [0.4, 0.5) is 11.4 Å². The van der Waals surface area contributed by atoms with Crippen LogP contribution in [0.3, 0.4) is 0 Å². The molecule has 4 aromatic rings. The molecule has 240 valence electrons. The summed E-state index contributed by atoms with van der Waals surface area (Å²) in [4.78, 5) is 40.4. The lowest BCUT2D eigenvalue weighted by Gasteiger charge is -2.34. The first-order valence-corrected chi connectivity index (χ1v) is 16.9. The highest BCUT2D eigenvalue weighted by Gasteiger charge is 2.35. The summed E-state index contributed by atoms with van der Waals surface area (Å²) in [5.41, 5.74) is 1.38. The third-order valence-electron chi connectivity index (χ3n) is 7.47. The Hall–Kier alpha value is -4.55. The molecular formula is C34H35BrN4O6S. The summed E-state index contributed by atoms with van der Waals surface area (Å²) in [7, 11) is -4.32. The van der Waals surface area contributed by atoms with Crippen molar-refractivity contribution < 1.29 is 22.9 Å². The van der Waals surface area contributed by atoms with E-state index in [2.05, 4.69) is 21.2 Å². The normalized spacial score (nSPS) is 12.5. The fraction of sp³-hybridized carbons (Fsp3) is 0.235. The molecule has 1 N–H and O–H groups in total. The van der Waals surface area contributed by atoms with Crippen molar-refractivity contribution in [3.63, 3.8) is 0 Å². The molecule has 0 bridgehead atoms. The number of sulfonamides is 1. The van der Waals surface area contributed by atoms with Gasteiger partial charge in [-0.3, -0.25) is 24.0 Å². The van der Waals surface area contributed by atoms with E-state index in [-0.39, 0.29) is 41.2 Å². The first-order valence-electron chi connectivity index (χ1n) is 14.7. The highest BCUT2D eigenvalue weighted by molar-refractivity contribution is 9.10. The summed E-state index contributed by atoms with van der Waals surface area (Å²) in [6.45, 7) is 3.17. The Morgan fingerprint density at radius 2 is 1.50 bits per heavy atom. The number of hydrogen-bond donors (Lipinski definition) is 1. The molecule has 4 aromatic carbocycles. The Bertz CT molecular complexity index is 1760.